The highest BCUT2D eigenvalue weighted by molar-refractivity contribution is 6.31. The van der Waals surface area contributed by atoms with Gasteiger partial charge in [0.25, 0.3) is 0 Å². The molecule has 0 saturated carbocycles. The molecule has 10 heteroatoms. The quantitative estimate of drug-likeness (QED) is 0.535. The Morgan fingerprint density at radius 3 is 1.94 bits per heavy atom. The maximum atomic E-state index is 12.6. The highest BCUT2D eigenvalue weighted by Gasteiger charge is 2.17. The Morgan fingerprint density at radius 1 is 0.879 bits per heavy atom. The maximum Gasteiger partial charge on any atom is 0.337 e. The Bertz CT molecular complexity index is 1020. The Kier molecular flexibility index (Phi) is 9.38. The fraction of sp³-hybridized carbons (Fsp3) is 0.304. The van der Waals surface area contributed by atoms with Crippen molar-refractivity contribution < 1.29 is 28.7 Å². The van der Waals surface area contributed by atoms with Gasteiger partial charge in [0, 0.05) is 16.4 Å². The highest BCUT2D eigenvalue weighted by Crippen LogP contribution is 2.20. The summed E-state index contributed by atoms with van der Waals surface area (Å²) in [4.78, 5) is 50.5. The van der Waals surface area contributed by atoms with Gasteiger partial charge < -0.3 is 20.1 Å². The summed E-state index contributed by atoms with van der Waals surface area (Å²) in [5.74, 6) is -2.06. The number of nitrogens with one attached hydrogen (secondary N) is 2. The van der Waals surface area contributed by atoms with E-state index in [4.69, 9.17) is 21.1 Å². The van der Waals surface area contributed by atoms with Crippen LogP contribution in [0.1, 0.15) is 33.2 Å². The molecule has 9 nitrogen and oxygen atoms in total. The topological polar surface area (TPSA) is 114 Å². The lowest BCUT2D eigenvalue weighted by atomic mass is 10.1. The van der Waals surface area contributed by atoms with Gasteiger partial charge in [0.2, 0.25) is 11.8 Å². The van der Waals surface area contributed by atoms with Crippen LogP contribution in [0.4, 0.5) is 11.4 Å². The van der Waals surface area contributed by atoms with Gasteiger partial charge in [0.05, 0.1) is 38.4 Å². The molecule has 0 heterocycles. The summed E-state index contributed by atoms with van der Waals surface area (Å²) in [5, 5.41) is 5.93. The number of nitrogens with zero attached hydrogens (tertiary/aromatic N) is 1. The van der Waals surface area contributed by atoms with Crippen LogP contribution < -0.4 is 10.6 Å². The van der Waals surface area contributed by atoms with Crippen molar-refractivity contribution in [2.75, 3.05) is 44.5 Å². The van der Waals surface area contributed by atoms with E-state index in [1.54, 1.807) is 23.1 Å². The number of aryl methyl sites for hydroxylation is 1. The van der Waals surface area contributed by atoms with Gasteiger partial charge in [-0.1, -0.05) is 24.6 Å². The van der Waals surface area contributed by atoms with E-state index in [1.807, 2.05) is 13.8 Å². The van der Waals surface area contributed by atoms with Gasteiger partial charge in [-0.15, -0.1) is 0 Å². The number of rotatable bonds is 9. The second-order valence-corrected chi connectivity index (χ2v) is 7.58. The second-order valence-electron chi connectivity index (χ2n) is 7.14. The van der Waals surface area contributed by atoms with Gasteiger partial charge in [-0.25, -0.2) is 9.59 Å². The molecule has 0 aliphatic heterocycles. The van der Waals surface area contributed by atoms with Gasteiger partial charge in [0.1, 0.15) is 0 Å². The molecule has 0 bridgehead atoms. The zero-order chi connectivity index (χ0) is 24.5. The lowest BCUT2D eigenvalue weighted by Gasteiger charge is -2.20. The van der Waals surface area contributed by atoms with Gasteiger partial charge in [-0.3, -0.25) is 14.5 Å². The Labute approximate surface area is 197 Å². The van der Waals surface area contributed by atoms with Gasteiger partial charge in [-0.2, -0.15) is 0 Å². The summed E-state index contributed by atoms with van der Waals surface area (Å²) in [6.45, 7) is 3.99. The van der Waals surface area contributed by atoms with Crippen molar-refractivity contribution in [1.29, 1.82) is 0 Å². The molecule has 0 aliphatic rings. The lowest BCUT2D eigenvalue weighted by Crippen LogP contribution is -2.38. The van der Waals surface area contributed by atoms with Crippen LogP contribution in [-0.2, 0) is 19.1 Å². The number of amides is 2. The van der Waals surface area contributed by atoms with Gasteiger partial charge in [0.15, 0.2) is 0 Å². The van der Waals surface area contributed by atoms with E-state index in [1.165, 1.54) is 32.4 Å². The molecule has 0 fully saturated rings. The molecule has 0 unspecified atom stereocenters. The van der Waals surface area contributed by atoms with E-state index in [0.717, 1.165) is 5.56 Å². The predicted octanol–water partition coefficient (Wildman–Crippen LogP) is 3.12. The molecule has 2 aromatic carbocycles. The number of ether oxygens (including phenoxy) is 2. The normalized spacial score (nSPS) is 10.5. The predicted molar refractivity (Wildman–Crippen MR) is 125 cm³/mol. The first kappa shape index (κ1) is 25.8. The van der Waals surface area contributed by atoms with Crippen LogP contribution in [0.15, 0.2) is 36.4 Å². The largest absolute Gasteiger partial charge is 0.465 e. The minimum atomic E-state index is -0.667. The number of halogens is 1. The summed E-state index contributed by atoms with van der Waals surface area (Å²) in [5.41, 5.74) is 1.85. The van der Waals surface area contributed by atoms with Crippen LogP contribution in [0.3, 0.4) is 0 Å². The first-order valence-electron chi connectivity index (χ1n) is 10.1. The number of hydrogen-bond donors (Lipinski definition) is 2. The minimum Gasteiger partial charge on any atom is -0.465 e. The number of carbonyl (C=O) groups is 4. The Hall–Kier alpha value is -3.43. The van der Waals surface area contributed by atoms with E-state index in [2.05, 4.69) is 10.6 Å². The fourth-order valence-electron chi connectivity index (χ4n) is 2.98. The van der Waals surface area contributed by atoms with E-state index >= 15 is 0 Å². The van der Waals surface area contributed by atoms with Crippen LogP contribution in [0.25, 0.3) is 0 Å². The smallest absolute Gasteiger partial charge is 0.337 e. The standard InChI is InChI=1S/C23H26ClN3O6/c1-5-27(13-21(29)26-19-11-17(24)7-6-14(19)2)12-20(28)25-18-9-15(22(30)32-3)8-16(10-18)23(31)33-4/h6-11H,5,12-13H2,1-4H3,(H,25,28)(H,26,29). The SMILES string of the molecule is CCN(CC(=O)Nc1cc(C(=O)OC)cc(C(=O)OC)c1)CC(=O)Nc1cc(Cl)ccc1C. The van der Waals surface area contributed by atoms with Gasteiger partial charge >= 0.3 is 11.9 Å². The van der Waals surface area contributed by atoms with Crippen LogP contribution in [0, 0.1) is 6.92 Å². The third-order valence-electron chi connectivity index (χ3n) is 4.71. The molecule has 2 amide bonds. The minimum absolute atomic E-state index is 0.0223. The monoisotopic (exact) mass is 475 g/mol. The summed E-state index contributed by atoms with van der Waals surface area (Å²) < 4.78 is 9.38. The van der Waals surface area contributed by atoms with Crippen molar-refractivity contribution in [1.82, 2.24) is 4.90 Å². The molecule has 0 saturated heterocycles. The van der Waals surface area contributed by atoms with Crippen molar-refractivity contribution in [3.8, 4) is 0 Å². The average molecular weight is 476 g/mol. The molecular weight excluding hydrogens is 450 g/mol. The number of methoxy groups -OCH3 is 2. The number of anilines is 2. The van der Waals surface area contributed by atoms with E-state index in [0.29, 0.717) is 17.3 Å². The number of carbonyl (C=O) groups excluding carboxylic acids is 4. The van der Waals surface area contributed by atoms with Crippen LogP contribution in [0.2, 0.25) is 5.02 Å². The summed E-state index contributed by atoms with van der Waals surface area (Å²) in [6, 6.07) is 9.28. The average Bonchev–Trinajstić information content (AvgIpc) is 2.79. The highest BCUT2D eigenvalue weighted by atomic mass is 35.5. The van der Waals surface area contributed by atoms with Crippen molar-refractivity contribution >= 4 is 46.7 Å². The lowest BCUT2D eigenvalue weighted by molar-refractivity contribution is -0.119. The van der Waals surface area contributed by atoms with Crippen molar-refractivity contribution in [3.05, 3.63) is 58.1 Å². The molecule has 0 aliphatic carbocycles. The molecule has 176 valence electrons. The summed E-state index contributed by atoms with van der Waals surface area (Å²) >= 11 is 5.99. The summed E-state index contributed by atoms with van der Waals surface area (Å²) in [6.07, 6.45) is 0. The van der Waals surface area contributed by atoms with Crippen LogP contribution in [0.5, 0.6) is 0 Å². The molecule has 0 aromatic heterocycles. The molecule has 2 rings (SSSR count). The first-order chi connectivity index (χ1) is 15.7. The van der Waals surface area contributed by atoms with Crippen molar-refractivity contribution in [3.63, 3.8) is 0 Å². The molecule has 0 spiro atoms. The van der Waals surface area contributed by atoms with E-state index in [9.17, 15) is 19.2 Å². The number of hydrogen-bond acceptors (Lipinski definition) is 7. The first-order valence-corrected chi connectivity index (χ1v) is 10.4. The zero-order valence-electron chi connectivity index (χ0n) is 18.9. The van der Waals surface area contributed by atoms with Crippen molar-refractivity contribution in [2.45, 2.75) is 13.8 Å². The Balaban J connectivity index is 2.07. The third kappa shape index (κ3) is 7.58. The molecule has 0 radical (unpaired) electrons. The number of benzene rings is 2. The number of esters is 2. The molecular formula is C23H26ClN3O6. The van der Waals surface area contributed by atoms with E-state index < -0.39 is 17.8 Å². The van der Waals surface area contributed by atoms with Crippen LogP contribution >= 0.6 is 11.6 Å². The zero-order valence-corrected chi connectivity index (χ0v) is 19.6. The van der Waals surface area contributed by atoms with Crippen LogP contribution in [-0.4, -0.2) is 62.5 Å². The Morgan fingerprint density at radius 2 is 1.42 bits per heavy atom. The van der Waals surface area contributed by atoms with Gasteiger partial charge in [-0.05, 0) is 49.4 Å². The third-order valence-corrected chi connectivity index (χ3v) is 4.95. The molecule has 2 aromatic rings. The molecule has 0 atom stereocenters. The molecule has 2 N–H and O–H groups in total. The van der Waals surface area contributed by atoms with Crippen molar-refractivity contribution in [2.24, 2.45) is 0 Å². The molecule has 33 heavy (non-hydrogen) atoms. The number of likely N-dealkylation sites (N-methyl/N-ethyl adjacent to an activating group) is 1. The second kappa shape index (κ2) is 12.0. The maximum absolute atomic E-state index is 12.6. The fourth-order valence-corrected chi connectivity index (χ4v) is 3.15. The van der Waals surface area contributed by atoms with E-state index in [-0.39, 0.29) is 35.8 Å². The summed E-state index contributed by atoms with van der Waals surface area (Å²) in [7, 11) is 2.42.